The van der Waals surface area contributed by atoms with Gasteiger partial charge in [0.15, 0.2) is 11.3 Å². The number of anilines is 2. The normalized spacial score (nSPS) is 26.2. The number of nitrogens with zero attached hydrogens (tertiary/aromatic N) is 9. The maximum Gasteiger partial charge on any atom is 0.329 e. The van der Waals surface area contributed by atoms with Crippen LogP contribution in [0.1, 0.15) is 105 Å². The van der Waals surface area contributed by atoms with E-state index >= 15 is 0 Å². The summed E-state index contributed by atoms with van der Waals surface area (Å²) in [5.41, 5.74) is 1.62. The molecule has 8 heterocycles. The summed E-state index contributed by atoms with van der Waals surface area (Å²) in [5, 5.41) is 13.6. The van der Waals surface area contributed by atoms with E-state index in [-0.39, 0.29) is 66.6 Å². The van der Waals surface area contributed by atoms with Gasteiger partial charge in [0.25, 0.3) is 12.3 Å². The minimum Gasteiger partial charge on any atom is -0.374 e. The number of nitrogens with one attached hydrogen (secondary N) is 2. The van der Waals surface area contributed by atoms with Crippen LogP contribution >= 0.6 is 0 Å². The second-order valence-electron chi connectivity index (χ2n) is 17.9. The first-order valence-corrected chi connectivity index (χ1v) is 22.3. The maximum atomic E-state index is 14.3. The number of amides is 3. The zero-order chi connectivity index (χ0) is 44.2. The van der Waals surface area contributed by atoms with Crippen LogP contribution in [0.2, 0.25) is 0 Å². The first-order valence-electron chi connectivity index (χ1n) is 22.3. The van der Waals surface area contributed by atoms with E-state index in [0.29, 0.717) is 40.8 Å². The van der Waals surface area contributed by atoms with E-state index in [9.17, 15) is 28.0 Å². The number of aromatic nitrogens is 7. The molecule has 4 aromatic heterocycles. The van der Waals surface area contributed by atoms with E-state index in [0.717, 1.165) is 70.4 Å². The number of aryl methyl sites for hydroxylation is 1. The van der Waals surface area contributed by atoms with Crippen LogP contribution in [0.15, 0.2) is 47.7 Å². The first-order chi connectivity index (χ1) is 31.0. The van der Waals surface area contributed by atoms with E-state index in [1.165, 1.54) is 26.0 Å². The second kappa shape index (κ2) is 17.2. The minimum absolute atomic E-state index is 0.0115. The Morgan fingerprint density at radius 2 is 1.92 bits per heavy atom. The summed E-state index contributed by atoms with van der Waals surface area (Å²) in [4.78, 5) is 60.6. The van der Waals surface area contributed by atoms with Gasteiger partial charge in [-0.25, -0.2) is 23.1 Å². The van der Waals surface area contributed by atoms with E-state index < -0.39 is 30.0 Å². The van der Waals surface area contributed by atoms with Gasteiger partial charge < -0.3 is 24.6 Å². The molecule has 1 unspecified atom stereocenters. The standard InChI is InChI=1S/C45H51F2N11O6/c1-26-19-31(63-18-4-6-28-5-3-7-35-40(28)53(2)45(62)58(35)36-12-13-38(59)51-44(36)61)14-16-54(26)22-27-8-10-29(11-9-27)57-24-34(39(52-57)41(46)47)49-43(60)33-21-48-56-17-15-37(50-42(33)56)55-23-32-20-30(55)25-64-32/h3,5,7,15,17,21,24,26-27,29-32,36,41H,8-14,16,18-20,22-23,25H2,1-2H3,(H,49,60)(H,51,59,61)/t26-,27?,29?,30+,31-,32+,36?/m0/s1. The van der Waals surface area contributed by atoms with Crippen LogP contribution in [-0.2, 0) is 26.1 Å². The van der Waals surface area contributed by atoms with Gasteiger partial charge >= 0.3 is 5.69 Å². The summed E-state index contributed by atoms with van der Waals surface area (Å²) >= 11 is 0. The molecule has 5 fully saturated rings. The lowest BCUT2D eigenvalue weighted by atomic mass is 9.85. The minimum atomic E-state index is -2.87. The lowest BCUT2D eigenvalue weighted by molar-refractivity contribution is -0.135. The Kier molecular flexibility index (Phi) is 11.3. The third-order valence-corrected chi connectivity index (χ3v) is 13.9. The van der Waals surface area contributed by atoms with E-state index in [1.54, 1.807) is 24.0 Å². The fourth-order valence-electron chi connectivity index (χ4n) is 10.5. The van der Waals surface area contributed by atoms with Crippen molar-refractivity contribution < 1.29 is 32.6 Å². The Labute approximate surface area is 367 Å². The predicted octanol–water partition coefficient (Wildman–Crippen LogP) is 4.38. The summed E-state index contributed by atoms with van der Waals surface area (Å²) in [5.74, 6) is 6.12. The monoisotopic (exact) mass is 879 g/mol. The number of likely N-dealkylation sites (tertiary alicyclic amines) is 1. The molecule has 1 aliphatic carbocycles. The average Bonchev–Trinajstić information content (AvgIpc) is 4.14. The third-order valence-electron chi connectivity index (χ3n) is 13.9. The van der Waals surface area contributed by atoms with Gasteiger partial charge in [-0.3, -0.25) is 33.5 Å². The third kappa shape index (κ3) is 7.96. The van der Waals surface area contributed by atoms with Crippen molar-refractivity contribution in [3.8, 4) is 11.8 Å². The molecule has 17 nitrogen and oxygen atoms in total. The van der Waals surface area contributed by atoms with Crippen molar-refractivity contribution in [2.45, 2.75) is 108 Å². The molecule has 3 amide bonds. The zero-order valence-corrected chi connectivity index (χ0v) is 35.8. The number of benzene rings is 1. The van der Waals surface area contributed by atoms with Crippen molar-refractivity contribution in [2.75, 3.05) is 43.1 Å². The van der Waals surface area contributed by atoms with Crippen LogP contribution in [0, 0.1) is 17.8 Å². The van der Waals surface area contributed by atoms with Crippen molar-refractivity contribution in [1.29, 1.82) is 0 Å². The Morgan fingerprint density at radius 1 is 1.08 bits per heavy atom. The van der Waals surface area contributed by atoms with Gasteiger partial charge in [-0.2, -0.15) is 10.2 Å². The Balaban J connectivity index is 0.712. The molecule has 2 N–H and O–H groups in total. The number of imidazole rings is 1. The molecule has 10 rings (SSSR count). The highest BCUT2D eigenvalue weighted by Gasteiger charge is 2.40. The highest BCUT2D eigenvalue weighted by atomic mass is 19.3. The second-order valence-corrected chi connectivity index (χ2v) is 17.9. The maximum absolute atomic E-state index is 14.3. The van der Waals surface area contributed by atoms with Crippen LogP contribution < -0.4 is 21.2 Å². The number of fused-ring (bicyclic) bond motifs is 4. The van der Waals surface area contributed by atoms with Gasteiger partial charge in [-0.05, 0) is 82.4 Å². The van der Waals surface area contributed by atoms with Crippen LogP contribution in [0.25, 0.3) is 16.7 Å². The molecule has 64 heavy (non-hydrogen) atoms. The van der Waals surface area contributed by atoms with E-state index in [2.05, 4.69) is 49.4 Å². The van der Waals surface area contributed by atoms with Crippen LogP contribution in [0.3, 0.4) is 0 Å². The summed E-state index contributed by atoms with van der Waals surface area (Å²) in [7, 11) is 1.66. The summed E-state index contributed by atoms with van der Waals surface area (Å²) in [6.07, 6.45) is 8.65. The molecule has 336 valence electrons. The van der Waals surface area contributed by atoms with Gasteiger partial charge in [-0.15, -0.1) is 0 Å². The lowest BCUT2D eigenvalue weighted by Gasteiger charge is -2.40. The van der Waals surface area contributed by atoms with Crippen molar-refractivity contribution in [3.05, 3.63) is 70.2 Å². The summed E-state index contributed by atoms with van der Waals surface area (Å²) in [6, 6.07) is 7.04. The van der Waals surface area contributed by atoms with Crippen LogP contribution in [-0.4, -0.2) is 113 Å². The van der Waals surface area contributed by atoms with E-state index in [4.69, 9.17) is 14.5 Å². The lowest BCUT2D eigenvalue weighted by Crippen LogP contribution is -2.46. The molecular formula is C45H51F2N11O6. The number of alkyl halides is 2. The number of carbonyl (C=O) groups is 3. The Morgan fingerprint density at radius 3 is 2.67 bits per heavy atom. The number of para-hydroxylation sites is 1. The molecule has 5 aliphatic rings. The molecule has 19 heteroatoms. The van der Waals surface area contributed by atoms with Crippen LogP contribution in [0.5, 0.6) is 0 Å². The number of piperidine rings is 2. The summed E-state index contributed by atoms with van der Waals surface area (Å²) in [6.45, 7) is 5.68. The van der Waals surface area contributed by atoms with Crippen molar-refractivity contribution >= 4 is 45.9 Å². The molecule has 1 aromatic carbocycles. The largest absolute Gasteiger partial charge is 0.374 e. The molecule has 4 saturated heterocycles. The van der Waals surface area contributed by atoms with Crippen LogP contribution in [0.4, 0.5) is 20.3 Å². The van der Waals surface area contributed by atoms with Gasteiger partial charge in [0.1, 0.15) is 24.0 Å². The summed E-state index contributed by atoms with van der Waals surface area (Å²) < 4.78 is 46.7. The highest BCUT2D eigenvalue weighted by molar-refractivity contribution is 6.08. The molecule has 5 aromatic rings. The van der Waals surface area contributed by atoms with Crippen molar-refractivity contribution in [2.24, 2.45) is 13.0 Å². The predicted molar refractivity (Wildman–Crippen MR) is 230 cm³/mol. The number of halogens is 2. The number of rotatable bonds is 10. The van der Waals surface area contributed by atoms with E-state index in [1.807, 2.05) is 18.2 Å². The highest BCUT2D eigenvalue weighted by Crippen LogP contribution is 2.37. The van der Waals surface area contributed by atoms with Crippen molar-refractivity contribution in [3.63, 3.8) is 0 Å². The van der Waals surface area contributed by atoms with Gasteiger partial charge in [0, 0.05) is 51.5 Å². The molecule has 0 spiro atoms. The topological polar surface area (TPSA) is 175 Å². The molecule has 0 radical (unpaired) electrons. The van der Waals surface area contributed by atoms with Gasteiger partial charge in [-0.1, -0.05) is 17.9 Å². The average molecular weight is 880 g/mol. The number of carbonyl (C=O) groups excluding carboxylic acids is 3. The first kappa shape index (κ1) is 42.0. The molecular weight excluding hydrogens is 829 g/mol. The molecule has 1 saturated carbocycles. The number of hydrogen-bond donors (Lipinski definition) is 2. The number of hydrogen-bond acceptors (Lipinski definition) is 11. The molecule has 4 aliphatic heterocycles. The zero-order valence-electron chi connectivity index (χ0n) is 35.8. The molecule has 5 atom stereocenters. The fourth-order valence-corrected chi connectivity index (χ4v) is 10.5. The molecule has 2 bridgehead atoms. The SMILES string of the molecule is C[C@H]1C[C@@H](OCC#Cc2cccc3c2n(C)c(=O)n3C2CCC(=O)NC2=O)CCN1CC1CCC(n2cc(NC(=O)c3cnn4ccc(N5C[C@H]6C[C@@H]5CO6)nc34)c(C(F)F)n2)CC1. The smallest absolute Gasteiger partial charge is 0.329 e. The number of ether oxygens (including phenoxy) is 2. The fraction of sp³-hybridized carbons (Fsp3) is 0.533. The Hall–Kier alpha value is -5.97. The van der Waals surface area contributed by atoms with Gasteiger partial charge in [0.05, 0.1) is 59.4 Å². The number of morpholine rings is 1. The number of imide groups is 1. The Bertz CT molecular complexity index is 2740. The quantitative estimate of drug-likeness (QED) is 0.151. The van der Waals surface area contributed by atoms with Gasteiger partial charge in [0.2, 0.25) is 11.8 Å². The van der Waals surface area contributed by atoms with Crippen molar-refractivity contribution in [1.82, 2.24) is 43.7 Å².